The number of guanidine groups is 1. The van der Waals surface area contributed by atoms with Crippen molar-refractivity contribution in [2.24, 2.45) is 4.99 Å². The van der Waals surface area contributed by atoms with E-state index in [4.69, 9.17) is 0 Å². The third-order valence-electron chi connectivity index (χ3n) is 4.49. The lowest BCUT2D eigenvalue weighted by atomic mass is 9.87. The third kappa shape index (κ3) is 6.20. The Morgan fingerprint density at radius 2 is 1.92 bits per heavy atom. The van der Waals surface area contributed by atoms with E-state index in [1.807, 2.05) is 23.9 Å². The van der Waals surface area contributed by atoms with Crippen LogP contribution in [0.4, 0.5) is 0 Å². The fraction of sp³-hybridized carbons (Fsp3) is 0.632. The number of rotatable bonds is 6. The SMILES string of the molecule is CN=C(NCCS(=O)(=O)c1ccc(C(C)(C)C)cc1)NCC1CCCS1. The summed E-state index contributed by atoms with van der Waals surface area (Å²) in [4.78, 5) is 4.54. The predicted octanol–water partition coefficient (Wildman–Crippen LogP) is 2.82. The van der Waals surface area contributed by atoms with Crippen LogP contribution in [0.3, 0.4) is 0 Å². The molecule has 1 heterocycles. The van der Waals surface area contributed by atoms with Crippen LogP contribution in [-0.2, 0) is 15.3 Å². The van der Waals surface area contributed by atoms with Crippen LogP contribution < -0.4 is 10.6 Å². The highest BCUT2D eigenvalue weighted by Crippen LogP contribution is 2.25. The molecule has 0 saturated carbocycles. The highest BCUT2D eigenvalue weighted by molar-refractivity contribution is 8.00. The summed E-state index contributed by atoms with van der Waals surface area (Å²) in [5.41, 5.74) is 1.14. The van der Waals surface area contributed by atoms with E-state index in [2.05, 4.69) is 36.4 Å². The van der Waals surface area contributed by atoms with Crippen LogP contribution in [0.25, 0.3) is 0 Å². The van der Waals surface area contributed by atoms with Gasteiger partial charge >= 0.3 is 0 Å². The monoisotopic (exact) mass is 397 g/mol. The van der Waals surface area contributed by atoms with Gasteiger partial charge in [0.05, 0.1) is 10.6 Å². The summed E-state index contributed by atoms with van der Waals surface area (Å²) in [7, 11) is -1.60. The molecular weight excluding hydrogens is 366 g/mol. The predicted molar refractivity (Wildman–Crippen MR) is 112 cm³/mol. The minimum Gasteiger partial charge on any atom is -0.355 e. The maximum Gasteiger partial charge on any atom is 0.191 e. The van der Waals surface area contributed by atoms with Crippen molar-refractivity contribution in [1.29, 1.82) is 0 Å². The lowest BCUT2D eigenvalue weighted by molar-refractivity contribution is 0.586. The van der Waals surface area contributed by atoms with Crippen LogP contribution in [0.5, 0.6) is 0 Å². The molecule has 0 amide bonds. The highest BCUT2D eigenvalue weighted by Gasteiger charge is 2.18. The van der Waals surface area contributed by atoms with Gasteiger partial charge in [0.15, 0.2) is 15.8 Å². The fourth-order valence-corrected chi connectivity index (χ4v) is 5.18. The van der Waals surface area contributed by atoms with E-state index in [1.54, 1.807) is 19.2 Å². The Morgan fingerprint density at radius 3 is 2.46 bits per heavy atom. The first-order valence-corrected chi connectivity index (χ1v) is 11.8. The van der Waals surface area contributed by atoms with E-state index < -0.39 is 9.84 Å². The molecule has 0 radical (unpaired) electrons. The molecular formula is C19H31N3O2S2. The largest absolute Gasteiger partial charge is 0.355 e. The number of thioether (sulfide) groups is 1. The minimum atomic E-state index is -3.31. The van der Waals surface area contributed by atoms with Crippen molar-refractivity contribution in [2.75, 3.05) is 31.6 Å². The summed E-state index contributed by atoms with van der Waals surface area (Å²) >= 11 is 1.98. The van der Waals surface area contributed by atoms with Crippen molar-refractivity contribution in [2.45, 2.75) is 49.2 Å². The van der Waals surface area contributed by atoms with E-state index >= 15 is 0 Å². The summed E-state index contributed by atoms with van der Waals surface area (Å²) in [6, 6.07) is 7.22. The smallest absolute Gasteiger partial charge is 0.191 e. The number of hydrogen-bond donors (Lipinski definition) is 2. The van der Waals surface area contributed by atoms with Gasteiger partial charge in [-0.25, -0.2) is 8.42 Å². The van der Waals surface area contributed by atoms with Gasteiger partial charge in [-0.15, -0.1) is 0 Å². The summed E-state index contributed by atoms with van der Waals surface area (Å²) in [6.07, 6.45) is 2.50. The Bertz CT molecular complexity index is 701. The van der Waals surface area contributed by atoms with Crippen molar-refractivity contribution >= 4 is 27.6 Å². The van der Waals surface area contributed by atoms with Crippen LogP contribution in [0.15, 0.2) is 34.2 Å². The molecule has 1 aliphatic heterocycles. The zero-order chi connectivity index (χ0) is 19.2. The standard InChI is InChI=1S/C19H31N3O2S2/c1-19(2,3)15-7-9-17(10-8-15)26(23,24)13-11-21-18(20-4)22-14-16-6-5-12-25-16/h7-10,16H,5-6,11-14H2,1-4H3,(H2,20,21,22). The highest BCUT2D eigenvalue weighted by atomic mass is 32.2. The van der Waals surface area contributed by atoms with Gasteiger partial charge in [-0.05, 0) is 41.7 Å². The van der Waals surface area contributed by atoms with E-state index in [0.717, 1.165) is 12.1 Å². The molecule has 5 nitrogen and oxygen atoms in total. The van der Waals surface area contributed by atoms with Gasteiger partial charge < -0.3 is 10.6 Å². The maximum absolute atomic E-state index is 12.5. The molecule has 1 aliphatic rings. The van der Waals surface area contributed by atoms with Crippen molar-refractivity contribution in [3.63, 3.8) is 0 Å². The van der Waals surface area contributed by atoms with Crippen molar-refractivity contribution in [1.82, 2.24) is 10.6 Å². The summed E-state index contributed by atoms with van der Waals surface area (Å²) in [6.45, 7) is 7.54. The molecule has 0 aliphatic carbocycles. The second-order valence-corrected chi connectivity index (χ2v) is 11.1. The van der Waals surface area contributed by atoms with Crippen molar-refractivity contribution in [3.8, 4) is 0 Å². The minimum absolute atomic E-state index is 0.0135. The lowest BCUT2D eigenvalue weighted by Crippen LogP contribution is -2.41. The topological polar surface area (TPSA) is 70.6 Å². The molecule has 1 atom stereocenters. The van der Waals surface area contributed by atoms with Crippen LogP contribution >= 0.6 is 11.8 Å². The van der Waals surface area contributed by atoms with E-state index in [9.17, 15) is 8.42 Å². The van der Waals surface area contributed by atoms with Crippen LogP contribution in [0, 0.1) is 0 Å². The van der Waals surface area contributed by atoms with Gasteiger partial charge in [-0.3, -0.25) is 4.99 Å². The second-order valence-electron chi connectivity index (χ2n) is 7.61. The van der Waals surface area contributed by atoms with Crippen molar-refractivity contribution in [3.05, 3.63) is 29.8 Å². The molecule has 2 N–H and O–H groups in total. The Hall–Kier alpha value is -1.21. The van der Waals surface area contributed by atoms with E-state index in [1.165, 1.54) is 18.6 Å². The van der Waals surface area contributed by atoms with E-state index in [0.29, 0.717) is 22.6 Å². The Balaban J connectivity index is 1.84. The number of nitrogens with one attached hydrogen (secondary N) is 2. The summed E-state index contributed by atoms with van der Waals surface area (Å²) in [5, 5.41) is 7.01. The average Bonchev–Trinajstić information content (AvgIpc) is 3.10. The molecule has 0 bridgehead atoms. The quantitative estimate of drug-likeness (QED) is 0.571. The number of sulfone groups is 1. The number of hydrogen-bond acceptors (Lipinski definition) is 4. The molecule has 1 saturated heterocycles. The van der Waals surface area contributed by atoms with Crippen LogP contribution in [0.1, 0.15) is 39.2 Å². The fourth-order valence-electron chi connectivity index (χ4n) is 2.82. The molecule has 1 aromatic carbocycles. The Morgan fingerprint density at radius 1 is 1.23 bits per heavy atom. The van der Waals surface area contributed by atoms with Gasteiger partial charge in [-0.2, -0.15) is 11.8 Å². The number of benzene rings is 1. The van der Waals surface area contributed by atoms with Crippen LogP contribution in [-0.4, -0.2) is 51.3 Å². The Kier molecular flexibility index (Phi) is 7.41. The molecule has 1 aromatic rings. The molecule has 0 spiro atoms. The van der Waals surface area contributed by atoms with Crippen LogP contribution in [0.2, 0.25) is 0 Å². The van der Waals surface area contributed by atoms with Gasteiger partial charge in [0, 0.05) is 25.4 Å². The molecule has 26 heavy (non-hydrogen) atoms. The van der Waals surface area contributed by atoms with Gasteiger partial charge in [-0.1, -0.05) is 32.9 Å². The molecule has 0 aromatic heterocycles. The second kappa shape index (κ2) is 9.13. The number of aliphatic imine (C=N–C) groups is 1. The zero-order valence-corrected chi connectivity index (χ0v) is 17.8. The first-order chi connectivity index (χ1) is 12.2. The summed E-state index contributed by atoms with van der Waals surface area (Å²) in [5.74, 6) is 1.93. The first-order valence-electron chi connectivity index (χ1n) is 9.12. The van der Waals surface area contributed by atoms with Gasteiger partial charge in [0.25, 0.3) is 0 Å². The molecule has 1 unspecified atom stereocenters. The average molecular weight is 398 g/mol. The molecule has 1 fully saturated rings. The third-order valence-corrected chi connectivity index (χ3v) is 7.62. The van der Waals surface area contributed by atoms with Crippen molar-refractivity contribution < 1.29 is 8.42 Å². The lowest BCUT2D eigenvalue weighted by Gasteiger charge is -2.19. The Labute approximate surface area is 162 Å². The maximum atomic E-state index is 12.5. The van der Waals surface area contributed by atoms with E-state index in [-0.39, 0.29) is 11.2 Å². The first kappa shape index (κ1) is 21.1. The summed E-state index contributed by atoms with van der Waals surface area (Å²) < 4.78 is 25.1. The molecule has 2 rings (SSSR count). The van der Waals surface area contributed by atoms with Gasteiger partial charge in [0.2, 0.25) is 0 Å². The molecule has 7 heteroatoms. The normalized spacial score (nSPS) is 18.8. The van der Waals surface area contributed by atoms with Gasteiger partial charge in [0.1, 0.15) is 0 Å². The zero-order valence-electron chi connectivity index (χ0n) is 16.2. The molecule has 146 valence electrons. The number of nitrogens with zero attached hydrogens (tertiary/aromatic N) is 1.